The van der Waals surface area contributed by atoms with E-state index in [9.17, 15) is 14.7 Å². The average molecular weight is 323 g/mol. The first kappa shape index (κ1) is 18.8. The molecule has 0 unspecified atom stereocenters. The van der Waals surface area contributed by atoms with Gasteiger partial charge in [-0.05, 0) is 44.9 Å². The van der Waals surface area contributed by atoms with Gasteiger partial charge in [0.2, 0.25) is 0 Å². The zero-order chi connectivity index (χ0) is 17.6. The van der Waals surface area contributed by atoms with Crippen molar-refractivity contribution in [2.45, 2.75) is 46.3 Å². The van der Waals surface area contributed by atoms with E-state index >= 15 is 0 Å². The molecule has 128 valence electrons. The van der Waals surface area contributed by atoms with Crippen molar-refractivity contribution in [3.05, 3.63) is 29.3 Å². The normalized spacial score (nSPS) is 11.0. The Morgan fingerprint density at radius 2 is 1.91 bits per heavy atom. The molecule has 0 saturated carbocycles. The summed E-state index contributed by atoms with van der Waals surface area (Å²) in [7, 11) is 1.42. The van der Waals surface area contributed by atoms with E-state index in [1.807, 2.05) is 27.7 Å². The number of carboxylic acids is 1. The minimum absolute atomic E-state index is 0.0747. The second-order valence-electron chi connectivity index (χ2n) is 6.24. The Morgan fingerprint density at radius 1 is 1.26 bits per heavy atom. The Kier molecular flexibility index (Phi) is 6.42. The van der Waals surface area contributed by atoms with Crippen LogP contribution < -0.4 is 4.74 Å². The highest BCUT2D eigenvalue weighted by Gasteiger charge is 2.22. The molecule has 0 spiro atoms. The zero-order valence-electron chi connectivity index (χ0n) is 14.4. The minimum Gasteiger partial charge on any atom is -0.496 e. The van der Waals surface area contributed by atoms with Gasteiger partial charge in [0, 0.05) is 13.1 Å². The van der Waals surface area contributed by atoms with Crippen LogP contribution in [0.3, 0.4) is 0 Å². The highest BCUT2D eigenvalue weighted by Crippen LogP contribution is 2.21. The van der Waals surface area contributed by atoms with E-state index in [1.165, 1.54) is 13.2 Å². The SMILES string of the molecule is CCCN(Cc1ccc(OC)c(C(=O)O)c1)C(=O)OC(C)(C)C. The van der Waals surface area contributed by atoms with Crippen LogP contribution in [0, 0.1) is 0 Å². The van der Waals surface area contributed by atoms with Gasteiger partial charge < -0.3 is 19.5 Å². The Balaban J connectivity index is 2.98. The van der Waals surface area contributed by atoms with Gasteiger partial charge in [-0.15, -0.1) is 0 Å². The number of carbonyl (C=O) groups excluding carboxylic acids is 1. The summed E-state index contributed by atoms with van der Waals surface area (Å²) in [5, 5.41) is 9.24. The fraction of sp³-hybridized carbons (Fsp3) is 0.529. The lowest BCUT2D eigenvalue weighted by Gasteiger charge is -2.27. The predicted octanol–water partition coefficient (Wildman–Crippen LogP) is 3.54. The van der Waals surface area contributed by atoms with Crippen molar-refractivity contribution in [1.29, 1.82) is 0 Å². The van der Waals surface area contributed by atoms with Crippen molar-refractivity contribution in [2.75, 3.05) is 13.7 Å². The van der Waals surface area contributed by atoms with Crippen molar-refractivity contribution in [2.24, 2.45) is 0 Å². The number of aromatic carboxylic acids is 1. The van der Waals surface area contributed by atoms with Crippen LogP contribution in [0.4, 0.5) is 4.79 Å². The zero-order valence-corrected chi connectivity index (χ0v) is 14.4. The molecule has 1 rings (SSSR count). The van der Waals surface area contributed by atoms with E-state index in [2.05, 4.69) is 0 Å². The summed E-state index contributed by atoms with van der Waals surface area (Å²) in [5.41, 5.74) is 0.211. The van der Waals surface area contributed by atoms with Gasteiger partial charge in [-0.2, -0.15) is 0 Å². The van der Waals surface area contributed by atoms with Crippen LogP contribution in [0.2, 0.25) is 0 Å². The molecule has 1 aromatic rings. The fourth-order valence-electron chi connectivity index (χ4n) is 2.07. The number of carbonyl (C=O) groups is 2. The van der Waals surface area contributed by atoms with Gasteiger partial charge in [-0.25, -0.2) is 9.59 Å². The van der Waals surface area contributed by atoms with Crippen molar-refractivity contribution >= 4 is 12.1 Å². The molecule has 0 aliphatic heterocycles. The number of hydrogen-bond acceptors (Lipinski definition) is 4. The van der Waals surface area contributed by atoms with E-state index in [0.717, 1.165) is 6.42 Å². The highest BCUT2D eigenvalue weighted by molar-refractivity contribution is 5.91. The smallest absolute Gasteiger partial charge is 0.410 e. The molecule has 1 N–H and O–H groups in total. The molecule has 0 saturated heterocycles. The van der Waals surface area contributed by atoms with Crippen LogP contribution >= 0.6 is 0 Å². The number of rotatable bonds is 6. The summed E-state index contributed by atoms with van der Waals surface area (Å²) in [6.07, 6.45) is 0.369. The molecule has 0 aliphatic carbocycles. The van der Waals surface area contributed by atoms with Crippen molar-refractivity contribution < 1.29 is 24.2 Å². The molecule has 0 atom stereocenters. The number of carboxylic acid groups (broad SMARTS) is 1. The molecule has 0 radical (unpaired) electrons. The molecule has 23 heavy (non-hydrogen) atoms. The molecule has 1 amide bonds. The van der Waals surface area contributed by atoms with Gasteiger partial charge in [0.1, 0.15) is 16.9 Å². The molecule has 0 bridgehead atoms. The maximum absolute atomic E-state index is 12.3. The molecule has 1 aromatic carbocycles. The Labute approximate surface area is 137 Å². The van der Waals surface area contributed by atoms with E-state index < -0.39 is 17.7 Å². The lowest BCUT2D eigenvalue weighted by molar-refractivity contribution is 0.0233. The van der Waals surface area contributed by atoms with Gasteiger partial charge in [0.05, 0.1) is 7.11 Å². The first-order chi connectivity index (χ1) is 10.7. The van der Waals surface area contributed by atoms with E-state index in [1.54, 1.807) is 17.0 Å². The molecule has 6 nitrogen and oxygen atoms in total. The minimum atomic E-state index is -1.07. The third kappa shape index (κ3) is 5.81. The molecule has 0 heterocycles. The molecular weight excluding hydrogens is 298 g/mol. The van der Waals surface area contributed by atoms with Gasteiger partial charge >= 0.3 is 12.1 Å². The highest BCUT2D eigenvalue weighted by atomic mass is 16.6. The van der Waals surface area contributed by atoms with Gasteiger partial charge in [0.15, 0.2) is 0 Å². The fourth-order valence-corrected chi connectivity index (χ4v) is 2.07. The predicted molar refractivity (Wildman–Crippen MR) is 86.9 cm³/mol. The van der Waals surface area contributed by atoms with E-state index in [4.69, 9.17) is 9.47 Å². The van der Waals surface area contributed by atoms with E-state index in [0.29, 0.717) is 17.9 Å². The number of nitrogens with zero attached hydrogens (tertiary/aromatic N) is 1. The van der Waals surface area contributed by atoms with Gasteiger partial charge in [-0.1, -0.05) is 13.0 Å². The molecule has 6 heteroatoms. The molecule has 0 aliphatic rings. The van der Waals surface area contributed by atoms with Crippen LogP contribution in [0.5, 0.6) is 5.75 Å². The lowest BCUT2D eigenvalue weighted by Crippen LogP contribution is -2.36. The van der Waals surface area contributed by atoms with Crippen LogP contribution in [-0.2, 0) is 11.3 Å². The molecular formula is C17H25NO5. The first-order valence-electron chi connectivity index (χ1n) is 7.56. The van der Waals surface area contributed by atoms with Crippen LogP contribution in [0.15, 0.2) is 18.2 Å². The second-order valence-corrected chi connectivity index (χ2v) is 6.24. The quantitative estimate of drug-likeness (QED) is 0.866. The molecule has 0 fully saturated rings. The molecule has 0 aromatic heterocycles. The Hall–Kier alpha value is -2.24. The van der Waals surface area contributed by atoms with Gasteiger partial charge in [0.25, 0.3) is 0 Å². The monoisotopic (exact) mass is 323 g/mol. The van der Waals surface area contributed by atoms with Crippen molar-refractivity contribution in [3.8, 4) is 5.75 Å². The summed E-state index contributed by atoms with van der Waals surface area (Å²) >= 11 is 0. The summed E-state index contributed by atoms with van der Waals surface area (Å²) in [4.78, 5) is 25.1. The maximum atomic E-state index is 12.3. The van der Waals surface area contributed by atoms with Crippen molar-refractivity contribution in [1.82, 2.24) is 4.90 Å². The number of methoxy groups -OCH3 is 1. The third-order valence-electron chi connectivity index (χ3n) is 3.01. The summed E-state index contributed by atoms with van der Waals surface area (Å²) in [5.74, 6) is -0.774. The maximum Gasteiger partial charge on any atom is 0.410 e. The Bertz CT molecular complexity index is 563. The largest absolute Gasteiger partial charge is 0.496 e. The number of hydrogen-bond donors (Lipinski definition) is 1. The Morgan fingerprint density at radius 3 is 2.39 bits per heavy atom. The van der Waals surface area contributed by atoms with E-state index in [-0.39, 0.29) is 12.1 Å². The summed E-state index contributed by atoms with van der Waals surface area (Å²) < 4.78 is 10.4. The average Bonchev–Trinajstić information content (AvgIpc) is 2.44. The van der Waals surface area contributed by atoms with Crippen molar-refractivity contribution in [3.63, 3.8) is 0 Å². The van der Waals surface area contributed by atoms with Crippen LogP contribution in [-0.4, -0.2) is 41.3 Å². The van der Waals surface area contributed by atoms with Gasteiger partial charge in [-0.3, -0.25) is 0 Å². The third-order valence-corrected chi connectivity index (χ3v) is 3.01. The van der Waals surface area contributed by atoms with Crippen LogP contribution in [0.1, 0.15) is 50.0 Å². The topological polar surface area (TPSA) is 76.1 Å². The number of amides is 1. The first-order valence-corrected chi connectivity index (χ1v) is 7.56. The number of benzene rings is 1. The number of ether oxygens (including phenoxy) is 2. The summed E-state index contributed by atoms with van der Waals surface area (Å²) in [6, 6.07) is 4.87. The summed E-state index contributed by atoms with van der Waals surface area (Å²) in [6.45, 7) is 8.21. The second kappa shape index (κ2) is 7.85. The van der Waals surface area contributed by atoms with Crippen LogP contribution in [0.25, 0.3) is 0 Å². The standard InChI is InChI=1S/C17H25NO5/c1-6-9-18(16(21)23-17(2,3)4)11-12-7-8-14(22-5)13(10-12)15(19)20/h7-8,10H,6,9,11H2,1-5H3,(H,19,20). The lowest BCUT2D eigenvalue weighted by atomic mass is 10.1.